The van der Waals surface area contributed by atoms with E-state index in [2.05, 4.69) is 46.9 Å². The van der Waals surface area contributed by atoms with Gasteiger partial charge in [0.15, 0.2) is 0 Å². The lowest BCUT2D eigenvalue weighted by Gasteiger charge is -2.16. The van der Waals surface area contributed by atoms with Gasteiger partial charge in [0.05, 0.1) is 0 Å². The summed E-state index contributed by atoms with van der Waals surface area (Å²) in [4.78, 5) is 4.25. The van der Waals surface area contributed by atoms with Gasteiger partial charge in [-0.2, -0.15) is 0 Å². The Balaban J connectivity index is 1.76. The number of nitrogens with one attached hydrogen (secondary N) is 1. The molecule has 1 aromatic heterocycles. The fourth-order valence-electron chi connectivity index (χ4n) is 3.08. The highest BCUT2D eigenvalue weighted by atomic mass is 19.1. The van der Waals surface area contributed by atoms with Gasteiger partial charge in [0, 0.05) is 36.7 Å². The first-order valence-electron chi connectivity index (χ1n) is 9.16. The van der Waals surface area contributed by atoms with Crippen molar-refractivity contribution in [2.45, 2.75) is 39.7 Å². The second kappa shape index (κ2) is 8.17. The third-order valence-electron chi connectivity index (χ3n) is 4.66. The Bertz CT molecular complexity index is 867. The number of hydrogen-bond acceptors (Lipinski definition) is 2. The van der Waals surface area contributed by atoms with E-state index in [1.54, 1.807) is 12.1 Å². The zero-order valence-electron chi connectivity index (χ0n) is 15.7. The van der Waals surface area contributed by atoms with Crippen LogP contribution < -0.4 is 5.32 Å². The van der Waals surface area contributed by atoms with Crippen LogP contribution in [0.3, 0.4) is 0 Å². The van der Waals surface area contributed by atoms with Crippen molar-refractivity contribution in [2.75, 3.05) is 11.9 Å². The van der Waals surface area contributed by atoms with Crippen molar-refractivity contribution in [3.63, 3.8) is 0 Å². The number of aryl methyl sites for hydroxylation is 2. The molecule has 0 aliphatic heterocycles. The van der Waals surface area contributed by atoms with Crippen LogP contribution in [0, 0.1) is 12.7 Å². The van der Waals surface area contributed by atoms with Crippen LogP contribution in [-0.4, -0.2) is 16.1 Å². The maximum Gasteiger partial charge on any atom is 0.123 e. The zero-order valence-corrected chi connectivity index (χ0v) is 15.7. The molecule has 2 aromatic carbocycles. The van der Waals surface area contributed by atoms with Crippen LogP contribution in [0.4, 0.5) is 10.1 Å². The molecule has 0 aliphatic rings. The van der Waals surface area contributed by atoms with E-state index in [1.165, 1.54) is 11.6 Å². The number of rotatable bonds is 7. The van der Waals surface area contributed by atoms with Gasteiger partial charge >= 0.3 is 0 Å². The molecule has 0 aliphatic carbocycles. The second-order valence-corrected chi connectivity index (χ2v) is 6.92. The standard InChI is InChI=1S/C22H26FN3/c1-16(2)18-8-9-22(21(15-18)19-6-4-7-20(23)14-19)25-10-5-12-26-13-11-24-17(26)3/h4,6-9,11,13-16,25H,5,10,12H2,1-3H3. The molecule has 136 valence electrons. The largest absolute Gasteiger partial charge is 0.384 e. The number of hydrogen-bond donors (Lipinski definition) is 1. The first-order valence-corrected chi connectivity index (χ1v) is 9.16. The first-order chi connectivity index (χ1) is 12.5. The van der Waals surface area contributed by atoms with E-state index >= 15 is 0 Å². The lowest BCUT2D eigenvalue weighted by molar-refractivity contribution is 0.628. The minimum atomic E-state index is -0.209. The lowest BCUT2D eigenvalue weighted by Crippen LogP contribution is -2.08. The number of imidazole rings is 1. The smallest absolute Gasteiger partial charge is 0.123 e. The third kappa shape index (κ3) is 4.31. The van der Waals surface area contributed by atoms with Gasteiger partial charge in [-0.15, -0.1) is 0 Å². The van der Waals surface area contributed by atoms with Crippen LogP contribution in [0.5, 0.6) is 0 Å². The zero-order chi connectivity index (χ0) is 18.5. The molecule has 1 heterocycles. The van der Waals surface area contributed by atoms with Crippen LogP contribution in [0.1, 0.15) is 37.6 Å². The number of nitrogens with zero attached hydrogens (tertiary/aromatic N) is 2. The lowest BCUT2D eigenvalue weighted by atomic mass is 9.95. The van der Waals surface area contributed by atoms with Crippen LogP contribution in [-0.2, 0) is 6.54 Å². The summed E-state index contributed by atoms with van der Waals surface area (Å²) in [5.41, 5.74) is 4.25. The fourth-order valence-corrected chi connectivity index (χ4v) is 3.08. The highest BCUT2D eigenvalue weighted by molar-refractivity contribution is 5.78. The van der Waals surface area contributed by atoms with Crippen LogP contribution >= 0.6 is 0 Å². The van der Waals surface area contributed by atoms with Crippen molar-refractivity contribution < 1.29 is 4.39 Å². The molecule has 0 unspecified atom stereocenters. The molecule has 3 nitrogen and oxygen atoms in total. The maximum absolute atomic E-state index is 13.7. The molecule has 3 aromatic rings. The SMILES string of the molecule is Cc1nccn1CCCNc1ccc(C(C)C)cc1-c1cccc(F)c1. The average molecular weight is 351 g/mol. The van der Waals surface area contributed by atoms with Crippen molar-refractivity contribution >= 4 is 5.69 Å². The Labute approximate surface area is 154 Å². The van der Waals surface area contributed by atoms with Crippen molar-refractivity contribution in [1.29, 1.82) is 0 Å². The van der Waals surface area contributed by atoms with Crippen molar-refractivity contribution in [3.05, 3.63) is 72.1 Å². The second-order valence-electron chi connectivity index (χ2n) is 6.92. The molecule has 0 radical (unpaired) electrons. The van der Waals surface area contributed by atoms with Crippen LogP contribution in [0.25, 0.3) is 11.1 Å². The van der Waals surface area contributed by atoms with Gasteiger partial charge in [0.1, 0.15) is 11.6 Å². The quantitative estimate of drug-likeness (QED) is 0.560. The van der Waals surface area contributed by atoms with E-state index in [9.17, 15) is 4.39 Å². The summed E-state index contributed by atoms with van der Waals surface area (Å²) >= 11 is 0. The van der Waals surface area contributed by atoms with Gasteiger partial charge in [0.2, 0.25) is 0 Å². The van der Waals surface area contributed by atoms with Crippen molar-refractivity contribution in [2.24, 2.45) is 0 Å². The molecule has 0 saturated heterocycles. The monoisotopic (exact) mass is 351 g/mol. The summed E-state index contributed by atoms with van der Waals surface area (Å²) in [5.74, 6) is 1.26. The molecule has 4 heteroatoms. The average Bonchev–Trinajstić information content (AvgIpc) is 3.03. The van der Waals surface area contributed by atoms with Gasteiger partial charge in [-0.1, -0.05) is 32.0 Å². The van der Waals surface area contributed by atoms with E-state index in [0.29, 0.717) is 5.92 Å². The number of anilines is 1. The highest BCUT2D eigenvalue weighted by Crippen LogP contribution is 2.31. The van der Waals surface area contributed by atoms with E-state index in [-0.39, 0.29) is 5.82 Å². The normalized spacial score (nSPS) is 11.1. The minimum Gasteiger partial charge on any atom is -0.384 e. The summed E-state index contributed by atoms with van der Waals surface area (Å²) in [6, 6.07) is 13.2. The fraction of sp³-hybridized carbons (Fsp3) is 0.318. The Hall–Kier alpha value is -2.62. The molecular weight excluding hydrogens is 325 g/mol. The molecule has 0 fully saturated rings. The molecule has 1 N–H and O–H groups in total. The molecule has 0 amide bonds. The van der Waals surface area contributed by atoms with E-state index in [4.69, 9.17) is 0 Å². The molecule has 0 bridgehead atoms. The topological polar surface area (TPSA) is 29.9 Å². The summed E-state index contributed by atoms with van der Waals surface area (Å²) in [6.07, 6.45) is 4.83. The molecular formula is C22H26FN3. The molecule has 0 spiro atoms. The molecule has 0 saturated carbocycles. The number of halogens is 1. The first kappa shape index (κ1) is 18.2. The Morgan fingerprint density at radius 2 is 2.00 bits per heavy atom. The van der Waals surface area contributed by atoms with E-state index in [0.717, 1.165) is 42.1 Å². The molecule has 3 rings (SSSR count). The Morgan fingerprint density at radius 1 is 1.15 bits per heavy atom. The summed E-state index contributed by atoms with van der Waals surface area (Å²) in [7, 11) is 0. The summed E-state index contributed by atoms with van der Waals surface area (Å²) in [6.45, 7) is 8.13. The van der Waals surface area contributed by atoms with Gasteiger partial charge in [0.25, 0.3) is 0 Å². The molecule has 0 atom stereocenters. The van der Waals surface area contributed by atoms with Crippen LogP contribution in [0.2, 0.25) is 0 Å². The maximum atomic E-state index is 13.7. The van der Waals surface area contributed by atoms with Crippen molar-refractivity contribution in [1.82, 2.24) is 9.55 Å². The highest BCUT2D eigenvalue weighted by Gasteiger charge is 2.09. The number of aromatic nitrogens is 2. The van der Waals surface area contributed by atoms with E-state index < -0.39 is 0 Å². The summed E-state index contributed by atoms with van der Waals surface area (Å²) in [5, 5.41) is 3.52. The number of benzene rings is 2. The van der Waals surface area contributed by atoms with E-state index in [1.807, 2.05) is 25.4 Å². The Morgan fingerprint density at radius 3 is 2.69 bits per heavy atom. The third-order valence-corrected chi connectivity index (χ3v) is 4.66. The Kier molecular flexibility index (Phi) is 5.71. The van der Waals surface area contributed by atoms with Gasteiger partial charge in [-0.05, 0) is 54.7 Å². The van der Waals surface area contributed by atoms with Gasteiger partial charge in [-0.25, -0.2) is 9.37 Å². The summed E-state index contributed by atoms with van der Waals surface area (Å²) < 4.78 is 15.9. The van der Waals surface area contributed by atoms with Crippen molar-refractivity contribution in [3.8, 4) is 11.1 Å². The van der Waals surface area contributed by atoms with Gasteiger partial charge in [-0.3, -0.25) is 0 Å². The van der Waals surface area contributed by atoms with Gasteiger partial charge < -0.3 is 9.88 Å². The predicted octanol–water partition coefficient (Wildman–Crippen LogP) is 5.62. The van der Waals surface area contributed by atoms with Crippen LogP contribution in [0.15, 0.2) is 54.9 Å². The molecule has 26 heavy (non-hydrogen) atoms. The predicted molar refractivity (Wildman–Crippen MR) is 106 cm³/mol. The minimum absolute atomic E-state index is 0.209.